The number of nitrogens with zero attached hydrogens (tertiary/aromatic N) is 1. The van der Waals surface area contributed by atoms with Gasteiger partial charge in [0.1, 0.15) is 10.1 Å². The lowest BCUT2D eigenvalue weighted by atomic mass is 9.92. The highest BCUT2D eigenvalue weighted by atomic mass is 32.2. The van der Waals surface area contributed by atoms with Gasteiger partial charge in [0, 0.05) is 22.3 Å². The van der Waals surface area contributed by atoms with E-state index in [0.717, 1.165) is 5.52 Å². The van der Waals surface area contributed by atoms with E-state index in [2.05, 4.69) is 4.98 Å². The molecule has 0 saturated carbocycles. The normalized spacial score (nSPS) is 19.3. The fraction of sp³-hybridized carbons (Fsp3) is 0.308. The van der Waals surface area contributed by atoms with Crippen LogP contribution in [-0.4, -0.2) is 18.0 Å². The van der Waals surface area contributed by atoms with Gasteiger partial charge in [0.05, 0.1) is 10.8 Å². The Morgan fingerprint density at radius 1 is 1.32 bits per heavy atom. The minimum atomic E-state index is -4.40. The number of aromatic nitrogens is 1. The van der Waals surface area contributed by atoms with Crippen molar-refractivity contribution in [3.05, 3.63) is 35.5 Å². The van der Waals surface area contributed by atoms with Gasteiger partial charge in [-0.1, -0.05) is 18.2 Å². The smallest absolute Gasteiger partial charge is 0.102 e. The highest BCUT2D eigenvalue weighted by Gasteiger charge is 2.29. The molecule has 0 amide bonds. The first-order chi connectivity index (χ1) is 8.98. The Hall–Kier alpha value is -1.66. The molecule has 1 unspecified atom stereocenters. The summed E-state index contributed by atoms with van der Waals surface area (Å²) in [6.45, 7) is 0. The van der Waals surface area contributed by atoms with Crippen molar-refractivity contribution in [3.8, 4) is 0 Å². The number of hydrogen-bond donors (Lipinski definition) is 1. The Kier molecular flexibility index (Phi) is 2.72. The van der Waals surface area contributed by atoms with Crippen molar-refractivity contribution >= 4 is 26.7 Å². The summed E-state index contributed by atoms with van der Waals surface area (Å²) in [5.41, 5.74) is 8.26. The molecule has 3 rings (SSSR count). The summed E-state index contributed by atoms with van der Waals surface area (Å²) in [6.07, 6.45) is 1.63. The van der Waals surface area contributed by atoms with E-state index in [4.69, 9.17) is 5.73 Å². The number of nitrogen functional groups attached to an aromatic ring is 1. The van der Waals surface area contributed by atoms with E-state index in [1.807, 2.05) is 18.2 Å². The summed E-state index contributed by atoms with van der Waals surface area (Å²) in [5, 5.41) is -0.356. The van der Waals surface area contributed by atoms with Crippen LogP contribution in [-0.2, 0) is 16.5 Å². The fourth-order valence-corrected chi connectivity index (χ4v) is 3.75. The number of aryl methyl sites for hydroxylation is 1. The molecule has 0 aliphatic heterocycles. The zero-order chi connectivity index (χ0) is 13.6. The molecular weight excluding hydrogens is 264 g/mol. The standard InChI is InChI=1S/C13H14N2O3S/c14-13-8-4-1-2-5-9(8)15-10-6-3-7-11(12(10)13)19(16,17)18/h1-2,4-5,11H,3,6-7H2,(H2,14,15)(H,16,17,18)/p-1. The second kappa shape index (κ2) is 4.18. The molecule has 1 aliphatic carbocycles. The van der Waals surface area contributed by atoms with Gasteiger partial charge in [-0.15, -0.1) is 0 Å². The zero-order valence-electron chi connectivity index (χ0n) is 10.2. The maximum atomic E-state index is 11.4. The summed E-state index contributed by atoms with van der Waals surface area (Å²) in [5.74, 6) is 0. The molecule has 100 valence electrons. The number of pyridine rings is 1. The molecule has 0 radical (unpaired) electrons. The van der Waals surface area contributed by atoms with E-state index >= 15 is 0 Å². The van der Waals surface area contributed by atoms with Crippen LogP contribution in [0.4, 0.5) is 5.69 Å². The van der Waals surface area contributed by atoms with Crippen LogP contribution >= 0.6 is 0 Å². The van der Waals surface area contributed by atoms with Crippen molar-refractivity contribution in [2.45, 2.75) is 24.5 Å². The Balaban J connectivity index is 2.35. The van der Waals surface area contributed by atoms with Crippen LogP contribution in [0.15, 0.2) is 24.3 Å². The SMILES string of the molecule is Nc1c2c(nc3ccccc13)CCCC2S(=O)(=O)[O-]. The fourth-order valence-electron chi connectivity index (χ4n) is 2.74. The molecule has 1 atom stereocenters. The Morgan fingerprint density at radius 3 is 2.79 bits per heavy atom. The van der Waals surface area contributed by atoms with Gasteiger partial charge in [-0.05, 0) is 25.3 Å². The van der Waals surface area contributed by atoms with Crippen molar-refractivity contribution in [2.24, 2.45) is 0 Å². The molecule has 2 aromatic rings. The number of fused-ring (bicyclic) bond motifs is 2. The van der Waals surface area contributed by atoms with Crippen molar-refractivity contribution in [2.75, 3.05) is 5.73 Å². The van der Waals surface area contributed by atoms with Gasteiger partial charge in [-0.25, -0.2) is 8.42 Å². The maximum absolute atomic E-state index is 11.4. The lowest BCUT2D eigenvalue weighted by Gasteiger charge is -2.28. The molecular formula is C13H13N2O3S-. The van der Waals surface area contributed by atoms with Crippen LogP contribution < -0.4 is 5.73 Å². The topological polar surface area (TPSA) is 96.1 Å². The van der Waals surface area contributed by atoms with E-state index in [-0.39, 0.29) is 0 Å². The second-order valence-electron chi connectivity index (χ2n) is 4.78. The van der Waals surface area contributed by atoms with Crippen LogP contribution in [0.1, 0.15) is 29.3 Å². The van der Waals surface area contributed by atoms with Gasteiger partial charge in [-0.3, -0.25) is 4.98 Å². The van der Waals surface area contributed by atoms with Crippen molar-refractivity contribution in [1.82, 2.24) is 4.98 Å². The molecule has 5 nitrogen and oxygen atoms in total. The average molecular weight is 277 g/mol. The summed E-state index contributed by atoms with van der Waals surface area (Å²) >= 11 is 0. The molecule has 19 heavy (non-hydrogen) atoms. The Morgan fingerprint density at radius 2 is 2.05 bits per heavy atom. The average Bonchev–Trinajstić information content (AvgIpc) is 2.37. The van der Waals surface area contributed by atoms with E-state index in [1.54, 1.807) is 6.07 Å². The van der Waals surface area contributed by atoms with Gasteiger partial charge in [0.25, 0.3) is 0 Å². The molecule has 0 saturated heterocycles. The third kappa shape index (κ3) is 1.97. The van der Waals surface area contributed by atoms with Crippen LogP contribution in [0.2, 0.25) is 0 Å². The first kappa shape index (κ1) is 12.4. The van der Waals surface area contributed by atoms with E-state index in [0.29, 0.717) is 41.6 Å². The highest BCUT2D eigenvalue weighted by molar-refractivity contribution is 7.86. The number of para-hydroxylation sites is 1. The zero-order valence-corrected chi connectivity index (χ0v) is 11.0. The van der Waals surface area contributed by atoms with Gasteiger partial charge in [0.15, 0.2) is 0 Å². The number of benzene rings is 1. The third-order valence-electron chi connectivity index (χ3n) is 3.60. The van der Waals surface area contributed by atoms with Crippen molar-refractivity contribution < 1.29 is 13.0 Å². The predicted molar refractivity (Wildman–Crippen MR) is 71.5 cm³/mol. The minimum absolute atomic E-state index is 0.322. The predicted octanol–water partition coefficient (Wildman–Crippen LogP) is 1.74. The van der Waals surface area contributed by atoms with Crippen molar-refractivity contribution in [3.63, 3.8) is 0 Å². The molecule has 1 aliphatic rings. The number of rotatable bonds is 1. The lowest BCUT2D eigenvalue weighted by Crippen LogP contribution is -2.21. The molecule has 1 aromatic heterocycles. The Labute approximate surface area is 111 Å². The van der Waals surface area contributed by atoms with Crippen LogP contribution in [0.5, 0.6) is 0 Å². The summed E-state index contributed by atoms with van der Waals surface area (Å²) < 4.78 is 34.2. The Bertz CT molecular complexity index is 756. The maximum Gasteiger partial charge on any atom is 0.102 e. The van der Waals surface area contributed by atoms with Crippen molar-refractivity contribution in [1.29, 1.82) is 0 Å². The molecule has 1 aromatic carbocycles. The van der Waals surface area contributed by atoms with Crippen LogP contribution in [0.3, 0.4) is 0 Å². The van der Waals surface area contributed by atoms with E-state index < -0.39 is 15.4 Å². The van der Waals surface area contributed by atoms with Crippen LogP contribution in [0, 0.1) is 0 Å². The van der Waals surface area contributed by atoms with Gasteiger partial charge < -0.3 is 10.3 Å². The van der Waals surface area contributed by atoms with Crippen LogP contribution in [0.25, 0.3) is 10.9 Å². The van der Waals surface area contributed by atoms with Gasteiger partial charge in [0.2, 0.25) is 0 Å². The molecule has 0 fully saturated rings. The summed E-state index contributed by atoms with van der Waals surface area (Å²) in [6, 6.07) is 7.30. The first-order valence-corrected chi connectivity index (χ1v) is 7.57. The summed E-state index contributed by atoms with van der Waals surface area (Å²) in [4.78, 5) is 4.46. The molecule has 2 N–H and O–H groups in total. The van der Waals surface area contributed by atoms with Gasteiger partial charge >= 0.3 is 0 Å². The quantitative estimate of drug-likeness (QED) is 0.801. The monoisotopic (exact) mass is 277 g/mol. The molecule has 1 heterocycles. The first-order valence-electron chi connectivity index (χ1n) is 6.10. The molecule has 0 spiro atoms. The lowest BCUT2D eigenvalue weighted by molar-refractivity contribution is 0.439. The van der Waals surface area contributed by atoms with Gasteiger partial charge in [-0.2, -0.15) is 0 Å². The number of hydrogen-bond acceptors (Lipinski definition) is 5. The third-order valence-corrected chi connectivity index (χ3v) is 4.77. The molecule has 0 bridgehead atoms. The number of nitrogens with two attached hydrogens (primary N) is 1. The highest BCUT2D eigenvalue weighted by Crippen LogP contribution is 2.40. The second-order valence-corrected chi connectivity index (χ2v) is 6.33. The number of anilines is 1. The minimum Gasteiger partial charge on any atom is -0.747 e. The summed E-state index contributed by atoms with van der Waals surface area (Å²) in [7, 11) is -4.40. The largest absolute Gasteiger partial charge is 0.747 e. The van der Waals surface area contributed by atoms with E-state index in [9.17, 15) is 13.0 Å². The molecule has 6 heteroatoms. The van der Waals surface area contributed by atoms with E-state index in [1.165, 1.54) is 0 Å².